The Morgan fingerprint density at radius 2 is 1.62 bits per heavy atom. The Bertz CT molecular complexity index is 1500. The third-order valence-corrected chi connectivity index (χ3v) is 9.86. The van der Waals surface area contributed by atoms with Crippen LogP contribution < -0.4 is 9.47 Å². The molecular weight excluding hydrogens is 519 g/mol. The lowest BCUT2D eigenvalue weighted by Crippen LogP contribution is -2.30. The molecule has 0 radical (unpaired) electrons. The molecule has 0 bridgehead atoms. The van der Waals surface area contributed by atoms with Crippen LogP contribution in [0.5, 0.6) is 11.5 Å². The second-order valence-corrected chi connectivity index (χ2v) is 13.2. The molecule has 3 aromatic rings. The Labute approximate surface area is 227 Å². The SMILES string of the molecule is O=C(O)[C@H]1C[C@@H]1c1ccc(OCc2cc3c(cc2F)CCCc2cc(OC4CCS(=O)(=O)CC4)ccc2-3)cc1. The van der Waals surface area contributed by atoms with Gasteiger partial charge in [-0.1, -0.05) is 18.2 Å². The summed E-state index contributed by atoms with van der Waals surface area (Å²) in [6.45, 7) is 0.0841. The summed E-state index contributed by atoms with van der Waals surface area (Å²) in [6.07, 6.45) is 4.11. The molecule has 0 spiro atoms. The zero-order chi connectivity index (χ0) is 27.1. The zero-order valence-corrected chi connectivity index (χ0v) is 22.4. The summed E-state index contributed by atoms with van der Waals surface area (Å²) in [6, 6.07) is 16.9. The standard InChI is InChI=1S/C31H31FO6S/c32-30-16-21-3-1-2-20-14-25(38-24-10-12-39(35,36)13-11-24)8-9-26(20)27(21)15-22(30)18-37-23-6-4-19(5-7-23)28-17-29(28)31(33)34/h4-9,14-16,24,28-29H,1-3,10-13,17-18H2,(H,33,34)/t28-,29+/m1/s1. The predicted octanol–water partition coefficient (Wildman–Crippen LogP) is 5.70. The maximum Gasteiger partial charge on any atom is 0.307 e. The lowest BCUT2D eigenvalue weighted by atomic mass is 9.94. The van der Waals surface area contributed by atoms with Gasteiger partial charge in [0.1, 0.15) is 30.0 Å². The number of carbonyl (C=O) groups is 1. The van der Waals surface area contributed by atoms with Crippen molar-refractivity contribution >= 4 is 15.8 Å². The molecule has 3 aliphatic rings. The molecule has 1 aliphatic heterocycles. The van der Waals surface area contributed by atoms with Gasteiger partial charge in [0.2, 0.25) is 0 Å². The molecular formula is C31H31FO6S. The lowest BCUT2D eigenvalue weighted by Gasteiger charge is -2.24. The van der Waals surface area contributed by atoms with Crippen molar-refractivity contribution in [3.63, 3.8) is 0 Å². The molecule has 2 aliphatic carbocycles. The minimum atomic E-state index is -2.94. The van der Waals surface area contributed by atoms with Crippen molar-refractivity contribution in [2.75, 3.05) is 11.5 Å². The third-order valence-electron chi connectivity index (χ3n) is 8.15. The van der Waals surface area contributed by atoms with Crippen LogP contribution in [-0.2, 0) is 34.1 Å². The first-order valence-corrected chi connectivity index (χ1v) is 15.3. The molecule has 1 heterocycles. The van der Waals surface area contributed by atoms with Crippen molar-refractivity contribution in [3.05, 3.63) is 82.7 Å². The number of hydrogen-bond acceptors (Lipinski definition) is 5. The van der Waals surface area contributed by atoms with Crippen molar-refractivity contribution < 1.29 is 32.2 Å². The molecule has 3 aromatic carbocycles. The van der Waals surface area contributed by atoms with Crippen LogP contribution >= 0.6 is 0 Å². The minimum Gasteiger partial charge on any atom is -0.490 e. The number of rotatable bonds is 7. The molecule has 6 nitrogen and oxygen atoms in total. The molecule has 1 saturated carbocycles. The summed E-state index contributed by atoms with van der Waals surface area (Å²) in [5.74, 6) is 0.402. The number of aliphatic carboxylic acids is 1. The largest absolute Gasteiger partial charge is 0.490 e. The fraction of sp³-hybridized carbons (Fsp3) is 0.387. The van der Waals surface area contributed by atoms with Gasteiger partial charge < -0.3 is 14.6 Å². The summed E-state index contributed by atoms with van der Waals surface area (Å²) in [7, 11) is -2.94. The van der Waals surface area contributed by atoms with Crippen LogP contribution in [0.2, 0.25) is 0 Å². The van der Waals surface area contributed by atoms with Crippen molar-refractivity contribution in [3.8, 4) is 22.6 Å². The summed E-state index contributed by atoms with van der Waals surface area (Å²) in [5.41, 5.74) is 5.64. The predicted molar refractivity (Wildman–Crippen MR) is 145 cm³/mol. The molecule has 2 fully saturated rings. The number of halogens is 1. The minimum absolute atomic E-state index is 0.0587. The fourth-order valence-electron chi connectivity index (χ4n) is 5.80. The Hall–Kier alpha value is -3.39. The van der Waals surface area contributed by atoms with Crippen molar-refractivity contribution in [2.45, 2.75) is 57.2 Å². The Morgan fingerprint density at radius 1 is 0.923 bits per heavy atom. The van der Waals surface area contributed by atoms with Gasteiger partial charge in [-0.15, -0.1) is 0 Å². The van der Waals surface area contributed by atoms with E-state index in [-0.39, 0.29) is 41.9 Å². The molecule has 6 rings (SSSR count). The number of ether oxygens (including phenoxy) is 2. The van der Waals surface area contributed by atoms with Gasteiger partial charge in [0.15, 0.2) is 9.84 Å². The second kappa shape index (κ2) is 10.3. The summed E-state index contributed by atoms with van der Waals surface area (Å²) < 4.78 is 50.6. The number of benzene rings is 3. The van der Waals surface area contributed by atoms with Gasteiger partial charge in [0.05, 0.1) is 17.4 Å². The van der Waals surface area contributed by atoms with E-state index in [9.17, 15) is 13.2 Å². The average molecular weight is 551 g/mol. The van der Waals surface area contributed by atoms with Gasteiger partial charge in [0, 0.05) is 5.56 Å². The van der Waals surface area contributed by atoms with E-state index in [1.54, 1.807) is 6.07 Å². The lowest BCUT2D eigenvalue weighted by molar-refractivity contribution is -0.138. The quantitative estimate of drug-likeness (QED) is 0.406. The van der Waals surface area contributed by atoms with Crippen LogP contribution in [0.4, 0.5) is 4.39 Å². The van der Waals surface area contributed by atoms with E-state index < -0.39 is 15.8 Å². The van der Waals surface area contributed by atoms with Crippen LogP contribution in [-0.4, -0.2) is 37.1 Å². The van der Waals surface area contributed by atoms with Gasteiger partial charge in [-0.3, -0.25) is 4.79 Å². The van der Waals surface area contributed by atoms with Gasteiger partial charge in [-0.05, 0) is 109 Å². The van der Waals surface area contributed by atoms with Crippen molar-refractivity contribution in [1.29, 1.82) is 0 Å². The zero-order valence-electron chi connectivity index (χ0n) is 21.6. The summed E-state index contributed by atoms with van der Waals surface area (Å²) in [5, 5.41) is 9.15. The monoisotopic (exact) mass is 550 g/mol. The number of sulfone groups is 1. The first kappa shape index (κ1) is 25.9. The van der Waals surface area contributed by atoms with Crippen molar-refractivity contribution in [1.82, 2.24) is 0 Å². The Morgan fingerprint density at radius 3 is 2.31 bits per heavy atom. The van der Waals surface area contributed by atoms with Crippen LogP contribution in [0.25, 0.3) is 11.1 Å². The third kappa shape index (κ3) is 5.66. The molecule has 8 heteroatoms. The van der Waals surface area contributed by atoms with Crippen molar-refractivity contribution in [2.24, 2.45) is 5.92 Å². The number of carboxylic acids is 1. The van der Waals surface area contributed by atoms with Gasteiger partial charge in [-0.25, -0.2) is 12.8 Å². The maximum atomic E-state index is 15.1. The highest BCUT2D eigenvalue weighted by molar-refractivity contribution is 7.91. The van der Waals surface area contributed by atoms with Crippen LogP contribution in [0.15, 0.2) is 54.6 Å². The number of fused-ring (bicyclic) bond motifs is 3. The van der Waals surface area contributed by atoms with E-state index in [1.165, 1.54) is 0 Å². The molecule has 1 saturated heterocycles. The van der Waals surface area contributed by atoms with E-state index in [0.29, 0.717) is 30.6 Å². The van der Waals surface area contributed by atoms with Gasteiger partial charge >= 0.3 is 5.97 Å². The van der Waals surface area contributed by atoms with E-state index >= 15 is 4.39 Å². The topological polar surface area (TPSA) is 89.9 Å². The maximum absolute atomic E-state index is 15.1. The van der Waals surface area contributed by atoms with Gasteiger partial charge in [0.25, 0.3) is 0 Å². The summed E-state index contributed by atoms with van der Waals surface area (Å²) >= 11 is 0. The average Bonchev–Trinajstić information content (AvgIpc) is 3.73. The highest BCUT2D eigenvalue weighted by Gasteiger charge is 2.44. The first-order chi connectivity index (χ1) is 18.8. The normalized spacial score (nSPS) is 21.8. The smallest absolute Gasteiger partial charge is 0.307 e. The van der Waals surface area contributed by atoms with Crippen LogP contribution in [0.1, 0.15) is 53.9 Å². The summed E-state index contributed by atoms with van der Waals surface area (Å²) in [4.78, 5) is 11.1. The fourth-order valence-corrected chi connectivity index (χ4v) is 7.25. The second-order valence-electron chi connectivity index (χ2n) is 10.9. The van der Waals surface area contributed by atoms with Crippen LogP contribution in [0.3, 0.4) is 0 Å². The van der Waals surface area contributed by atoms with E-state index in [4.69, 9.17) is 14.6 Å². The molecule has 39 heavy (non-hydrogen) atoms. The molecule has 2 atom stereocenters. The van der Waals surface area contributed by atoms with E-state index in [0.717, 1.165) is 52.8 Å². The Balaban J connectivity index is 1.17. The molecule has 0 unspecified atom stereocenters. The van der Waals surface area contributed by atoms with E-state index in [2.05, 4.69) is 0 Å². The Kier molecular flexibility index (Phi) is 6.83. The first-order valence-electron chi connectivity index (χ1n) is 13.5. The number of aryl methyl sites for hydroxylation is 2. The molecule has 0 aromatic heterocycles. The molecule has 204 valence electrons. The molecule has 0 amide bonds. The van der Waals surface area contributed by atoms with E-state index in [1.807, 2.05) is 48.5 Å². The highest BCUT2D eigenvalue weighted by atomic mass is 32.2. The highest BCUT2D eigenvalue weighted by Crippen LogP contribution is 2.47. The number of carboxylic acid groups (broad SMARTS) is 1. The number of hydrogen-bond donors (Lipinski definition) is 1. The molecule has 1 N–H and O–H groups in total. The van der Waals surface area contributed by atoms with Crippen LogP contribution in [0, 0.1) is 11.7 Å². The van der Waals surface area contributed by atoms with Gasteiger partial charge in [-0.2, -0.15) is 0 Å².